The van der Waals surface area contributed by atoms with E-state index in [1.165, 1.54) is 30.6 Å². The monoisotopic (exact) mass is 349 g/mol. The van der Waals surface area contributed by atoms with Gasteiger partial charge in [-0.05, 0) is 18.6 Å². The Morgan fingerprint density at radius 1 is 1.12 bits per heavy atom. The van der Waals surface area contributed by atoms with Gasteiger partial charge in [-0.15, -0.1) is 0 Å². The number of benzene rings is 1. The number of hydrogen-bond donors (Lipinski definition) is 1. The molecule has 0 aliphatic heterocycles. The zero-order valence-corrected chi connectivity index (χ0v) is 12.1. The first-order valence-corrected chi connectivity index (χ1v) is 6.78. The predicted octanol–water partition coefficient (Wildman–Crippen LogP) is 3.62. The predicted molar refractivity (Wildman–Crippen MR) is 72.7 cm³/mol. The minimum Gasteiger partial charge on any atom is -0.478 e. The highest BCUT2D eigenvalue weighted by Gasteiger charge is 2.56. The maximum absolute atomic E-state index is 12.8. The summed E-state index contributed by atoms with van der Waals surface area (Å²) in [5.41, 5.74) is 0.576. The molecule has 1 heterocycles. The number of carboxylic acids is 1. The Kier molecular flexibility index (Phi) is 4.86. The quantitative estimate of drug-likeness (QED) is 0.809. The molecule has 0 radical (unpaired) electrons. The molecule has 0 saturated carbocycles. The van der Waals surface area contributed by atoms with Crippen LogP contribution in [0, 0.1) is 0 Å². The Balaban J connectivity index is 1.97. The molecule has 2 aromatic rings. The first-order chi connectivity index (χ1) is 11.1. The average Bonchev–Trinajstić information content (AvgIpc) is 2.95. The van der Waals surface area contributed by atoms with Gasteiger partial charge in [0.05, 0.1) is 5.56 Å². The fourth-order valence-electron chi connectivity index (χ4n) is 1.90. The van der Waals surface area contributed by atoms with Crippen LogP contribution in [0.3, 0.4) is 0 Å². The topological polar surface area (TPSA) is 68.0 Å². The molecule has 0 amide bonds. The second kappa shape index (κ2) is 6.54. The van der Waals surface area contributed by atoms with Gasteiger partial charge in [0.15, 0.2) is 5.82 Å². The lowest BCUT2D eigenvalue weighted by Gasteiger charge is -2.19. The van der Waals surface area contributed by atoms with E-state index in [-0.39, 0.29) is 17.9 Å². The van der Waals surface area contributed by atoms with E-state index in [9.17, 15) is 26.7 Å². The van der Waals surface area contributed by atoms with Gasteiger partial charge in [0.1, 0.15) is 6.33 Å². The highest BCUT2D eigenvalue weighted by molar-refractivity contribution is 5.88. The smallest absolute Gasteiger partial charge is 0.453 e. The average molecular weight is 349 g/mol. The van der Waals surface area contributed by atoms with E-state index in [0.717, 1.165) is 4.68 Å². The Morgan fingerprint density at radius 3 is 2.29 bits per heavy atom. The molecule has 0 atom stereocenters. The molecule has 1 aromatic carbocycles. The summed E-state index contributed by atoms with van der Waals surface area (Å²) in [4.78, 5) is 14.7. The van der Waals surface area contributed by atoms with Crippen molar-refractivity contribution in [2.45, 2.75) is 31.5 Å². The molecule has 0 saturated heterocycles. The first kappa shape index (κ1) is 17.8. The van der Waals surface area contributed by atoms with E-state index in [4.69, 9.17) is 5.11 Å². The third-order valence-electron chi connectivity index (χ3n) is 3.22. The number of aromatic carboxylic acids is 1. The Hall–Kier alpha value is -2.52. The number of nitrogens with zero attached hydrogens (tertiary/aromatic N) is 3. The maximum Gasteiger partial charge on any atom is 0.453 e. The standard InChI is InChI=1S/C14H12F5N3O2/c15-13(16,14(17,18)19)6-1-7-22-8-20-11(21-22)9-2-4-10(5-3-9)12(23)24/h2-5,8H,1,6-7H2,(H,23,24). The van der Waals surface area contributed by atoms with Gasteiger partial charge >= 0.3 is 18.1 Å². The number of carboxylic acid groups (broad SMARTS) is 1. The van der Waals surface area contributed by atoms with Gasteiger partial charge in [0.2, 0.25) is 0 Å². The van der Waals surface area contributed by atoms with Crippen molar-refractivity contribution in [3.05, 3.63) is 36.2 Å². The van der Waals surface area contributed by atoms with Crippen LogP contribution in [0.1, 0.15) is 23.2 Å². The van der Waals surface area contributed by atoms with Gasteiger partial charge in [-0.25, -0.2) is 9.78 Å². The molecular weight excluding hydrogens is 337 g/mol. The van der Waals surface area contributed by atoms with Crippen LogP contribution in [-0.2, 0) is 6.54 Å². The van der Waals surface area contributed by atoms with Crippen LogP contribution in [0.15, 0.2) is 30.6 Å². The summed E-state index contributed by atoms with van der Waals surface area (Å²) in [5.74, 6) is -5.61. The molecule has 0 aliphatic carbocycles. The van der Waals surface area contributed by atoms with Crippen molar-refractivity contribution in [2.24, 2.45) is 0 Å². The zero-order valence-electron chi connectivity index (χ0n) is 12.1. The van der Waals surface area contributed by atoms with Crippen LogP contribution >= 0.6 is 0 Å². The van der Waals surface area contributed by atoms with Crippen molar-refractivity contribution in [2.75, 3.05) is 0 Å². The van der Waals surface area contributed by atoms with Crippen molar-refractivity contribution in [1.29, 1.82) is 0 Å². The third kappa shape index (κ3) is 4.06. The van der Waals surface area contributed by atoms with Crippen LogP contribution in [0.2, 0.25) is 0 Å². The molecule has 130 valence electrons. The highest BCUT2D eigenvalue weighted by atomic mass is 19.4. The summed E-state index contributed by atoms with van der Waals surface area (Å²) in [6.07, 6.45) is -6.11. The molecule has 0 aliphatic rings. The molecule has 5 nitrogen and oxygen atoms in total. The van der Waals surface area contributed by atoms with E-state index in [1.54, 1.807) is 0 Å². The number of aryl methyl sites for hydroxylation is 1. The largest absolute Gasteiger partial charge is 0.478 e. The lowest BCUT2D eigenvalue weighted by atomic mass is 10.1. The van der Waals surface area contributed by atoms with Crippen molar-refractivity contribution in [3.63, 3.8) is 0 Å². The van der Waals surface area contributed by atoms with Crippen molar-refractivity contribution >= 4 is 5.97 Å². The fourth-order valence-corrected chi connectivity index (χ4v) is 1.90. The van der Waals surface area contributed by atoms with E-state index in [1.807, 2.05) is 0 Å². The van der Waals surface area contributed by atoms with E-state index >= 15 is 0 Å². The molecule has 0 spiro atoms. The van der Waals surface area contributed by atoms with Crippen LogP contribution in [0.4, 0.5) is 22.0 Å². The Morgan fingerprint density at radius 2 is 1.75 bits per heavy atom. The summed E-state index contributed by atoms with van der Waals surface area (Å²) < 4.78 is 62.9. The van der Waals surface area contributed by atoms with E-state index < -0.39 is 30.9 Å². The summed E-state index contributed by atoms with van der Waals surface area (Å²) in [6, 6.07) is 5.65. The van der Waals surface area contributed by atoms with Gasteiger partial charge in [-0.1, -0.05) is 12.1 Å². The molecule has 0 bridgehead atoms. The lowest BCUT2D eigenvalue weighted by molar-refractivity contribution is -0.284. The lowest BCUT2D eigenvalue weighted by Crippen LogP contribution is -2.36. The SMILES string of the molecule is O=C(O)c1ccc(-c2ncn(CCCC(F)(F)C(F)(F)F)n2)cc1. The van der Waals surface area contributed by atoms with Crippen LogP contribution < -0.4 is 0 Å². The fraction of sp³-hybridized carbons (Fsp3) is 0.357. The summed E-state index contributed by atoms with van der Waals surface area (Å²) in [7, 11) is 0. The van der Waals surface area contributed by atoms with Crippen molar-refractivity contribution < 1.29 is 31.9 Å². The molecule has 24 heavy (non-hydrogen) atoms. The molecule has 0 fully saturated rings. The van der Waals surface area contributed by atoms with Crippen molar-refractivity contribution in [3.8, 4) is 11.4 Å². The normalized spacial score (nSPS) is 12.4. The number of halogens is 5. The Bertz CT molecular complexity index is 710. The zero-order chi connectivity index (χ0) is 18.0. The van der Waals surface area contributed by atoms with Gasteiger partial charge in [0, 0.05) is 18.5 Å². The first-order valence-electron chi connectivity index (χ1n) is 6.78. The number of hydrogen-bond acceptors (Lipinski definition) is 3. The molecule has 10 heteroatoms. The van der Waals surface area contributed by atoms with E-state index in [2.05, 4.69) is 10.1 Å². The van der Waals surface area contributed by atoms with Crippen LogP contribution in [-0.4, -0.2) is 37.9 Å². The van der Waals surface area contributed by atoms with Gasteiger partial charge in [-0.2, -0.15) is 27.1 Å². The summed E-state index contributed by atoms with van der Waals surface area (Å²) in [5, 5.41) is 12.8. The van der Waals surface area contributed by atoms with Gasteiger partial charge in [0.25, 0.3) is 0 Å². The molecule has 0 unspecified atom stereocenters. The van der Waals surface area contributed by atoms with Gasteiger partial charge in [-0.3, -0.25) is 4.68 Å². The summed E-state index contributed by atoms with van der Waals surface area (Å²) in [6.45, 7) is -0.147. The molecule has 1 aromatic heterocycles. The minimum atomic E-state index is -5.56. The number of aromatic nitrogens is 3. The van der Waals surface area contributed by atoms with Crippen LogP contribution in [0.5, 0.6) is 0 Å². The van der Waals surface area contributed by atoms with Crippen molar-refractivity contribution in [1.82, 2.24) is 14.8 Å². The van der Waals surface area contributed by atoms with E-state index in [0.29, 0.717) is 5.56 Å². The minimum absolute atomic E-state index is 0.0764. The van der Waals surface area contributed by atoms with Gasteiger partial charge < -0.3 is 5.11 Å². The highest BCUT2D eigenvalue weighted by Crippen LogP contribution is 2.38. The molecule has 2 rings (SSSR count). The number of rotatable bonds is 6. The number of alkyl halides is 5. The molecular formula is C14H12F5N3O2. The molecule has 1 N–H and O–H groups in total. The second-order valence-electron chi connectivity index (χ2n) is 5.02. The Labute approximate surface area is 132 Å². The maximum atomic E-state index is 12.8. The van der Waals surface area contributed by atoms with Crippen LogP contribution in [0.25, 0.3) is 11.4 Å². The summed E-state index contributed by atoms with van der Waals surface area (Å²) >= 11 is 0. The second-order valence-corrected chi connectivity index (χ2v) is 5.02. The number of carbonyl (C=O) groups is 1. The third-order valence-corrected chi connectivity index (χ3v) is 3.22.